The van der Waals surface area contributed by atoms with Crippen molar-refractivity contribution in [2.24, 2.45) is 0 Å². The minimum absolute atomic E-state index is 0.222. The first-order chi connectivity index (χ1) is 15.3. The number of ether oxygens (including phenoxy) is 2. The Morgan fingerprint density at radius 3 is 2.44 bits per heavy atom. The van der Waals surface area contributed by atoms with Gasteiger partial charge >= 0.3 is 6.09 Å². The number of nitrogens with one attached hydrogen (secondary N) is 1. The van der Waals surface area contributed by atoms with Gasteiger partial charge in [-0.05, 0) is 63.3 Å². The van der Waals surface area contributed by atoms with Gasteiger partial charge in [0.25, 0.3) is 0 Å². The van der Waals surface area contributed by atoms with Gasteiger partial charge in [-0.1, -0.05) is 42.5 Å². The summed E-state index contributed by atoms with van der Waals surface area (Å²) in [6.45, 7) is 7.12. The summed E-state index contributed by atoms with van der Waals surface area (Å²) in [4.78, 5) is 14.9. The molecule has 1 saturated carbocycles. The smallest absolute Gasteiger partial charge is 0.407 e. The minimum atomic E-state index is -0.742. The fourth-order valence-corrected chi connectivity index (χ4v) is 4.80. The Morgan fingerprint density at radius 2 is 1.72 bits per heavy atom. The maximum Gasteiger partial charge on any atom is 0.407 e. The fourth-order valence-electron chi connectivity index (χ4n) is 4.80. The lowest BCUT2D eigenvalue weighted by Crippen LogP contribution is -2.64. The van der Waals surface area contributed by atoms with Crippen LogP contribution >= 0.6 is 0 Å². The van der Waals surface area contributed by atoms with Crippen LogP contribution in [0.25, 0.3) is 0 Å². The summed E-state index contributed by atoms with van der Waals surface area (Å²) in [5.74, 6) is 0.748. The molecule has 6 nitrogen and oxygen atoms in total. The van der Waals surface area contributed by atoms with Gasteiger partial charge in [0.1, 0.15) is 23.6 Å². The number of alkyl carbamates (subject to hydrolysis) is 1. The number of benzene rings is 2. The van der Waals surface area contributed by atoms with Gasteiger partial charge in [0.05, 0.1) is 12.1 Å². The van der Waals surface area contributed by atoms with Gasteiger partial charge in [0.15, 0.2) is 0 Å². The van der Waals surface area contributed by atoms with Crippen LogP contribution < -0.4 is 10.1 Å². The second kappa shape index (κ2) is 9.51. The summed E-state index contributed by atoms with van der Waals surface area (Å²) >= 11 is 0. The normalized spacial score (nSPS) is 26.1. The average Bonchev–Trinajstić information content (AvgIpc) is 2.75. The van der Waals surface area contributed by atoms with Crippen LogP contribution in [0.3, 0.4) is 0 Å². The third-order valence-electron chi connectivity index (χ3n) is 6.22. The number of fused-ring (bicyclic) bond motifs is 1. The van der Waals surface area contributed by atoms with E-state index < -0.39 is 17.8 Å². The lowest BCUT2D eigenvalue weighted by atomic mass is 9.83. The molecule has 172 valence electrons. The number of hydrogen-bond donors (Lipinski definition) is 2. The maximum absolute atomic E-state index is 12.6. The van der Waals surface area contributed by atoms with E-state index in [0.717, 1.165) is 25.3 Å². The van der Waals surface area contributed by atoms with E-state index in [1.54, 1.807) is 0 Å². The quantitative estimate of drug-likeness (QED) is 0.757. The third kappa shape index (κ3) is 5.43. The second-order valence-electron chi connectivity index (χ2n) is 9.77. The number of rotatable bonds is 4. The Balaban J connectivity index is 1.54. The molecule has 2 aliphatic rings. The molecule has 32 heavy (non-hydrogen) atoms. The molecule has 2 aromatic rings. The molecule has 1 aliphatic carbocycles. The molecule has 1 fully saturated rings. The number of nitrogens with zero attached hydrogens (tertiary/aromatic N) is 1. The molecule has 2 aromatic carbocycles. The predicted molar refractivity (Wildman–Crippen MR) is 124 cm³/mol. The Kier molecular flexibility index (Phi) is 6.72. The zero-order valence-corrected chi connectivity index (χ0v) is 19.2. The van der Waals surface area contributed by atoms with Gasteiger partial charge in [-0.25, -0.2) is 4.79 Å². The van der Waals surface area contributed by atoms with Gasteiger partial charge in [-0.2, -0.15) is 0 Å². The Hall–Kier alpha value is -2.57. The number of para-hydroxylation sites is 1. The summed E-state index contributed by atoms with van der Waals surface area (Å²) in [5.41, 5.74) is 2.05. The molecule has 4 rings (SSSR count). The van der Waals surface area contributed by atoms with Gasteiger partial charge < -0.3 is 19.9 Å². The Bertz CT molecular complexity index is 912. The SMILES string of the molecule is CC(C)(C)OC(=O)N[C@@H]1CC[C@@H](Oc2ccccc2)[C@H](O)[C@H]1N1CCc2ccccc2C1. The predicted octanol–water partition coefficient (Wildman–Crippen LogP) is 3.91. The summed E-state index contributed by atoms with van der Waals surface area (Å²) in [6, 6.07) is 17.6. The van der Waals surface area contributed by atoms with Gasteiger partial charge in [0, 0.05) is 13.1 Å². The number of carbonyl (C=O) groups excluding carboxylic acids is 1. The second-order valence-corrected chi connectivity index (χ2v) is 9.77. The molecule has 0 saturated heterocycles. The molecule has 0 radical (unpaired) electrons. The summed E-state index contributed by atoms with van der Waals surface area (Å²) in [5, 5.41) is 14.5. The van der Waals surface area contributed by atoms with Gasteiger partial charge in [0.2, 0.25) is 0 Å². The number of hydrogen-bond acceptors (Lipinski definition) is 5. The van der Waals surface area contributed by atoms with Crippen molar-refractivity contribution in [1.82, 2.24) is 10.2 Å². The van der Waals surface area contributed by atoms with Gasteiger partial charge in [-0.3, -0.25) is 4.90 Å². The summed E-state index contributed by atoms with van der Waals surface area (Å²) in [6.07, 6.45) is 0.751. The van der Waals surface area contributed by atoms with E-state index in [9.17, 15) is 9.90 Å². The molecule has 4 atom stereocenters. The Labute approximate surface area is 190 Å². The maximum atomic E-state index is 12.6. The van der Waals surface area contributed by atoms with Crippen molar-refractivity contribution in [3.05, 3.63) is 65.7 Å². The molecular weight excluding hydrogens is 404 g/mol. The van der Waals surface area contributed by atoms with E-state index in [0.29, 0.717) is 12.8 Å². The van der Waals surface area contributed by atoms with Crippen molar-refractivity contribution < 1.29 is 19.4 Å². The molecule has 0 spiro atoms. The van der Waals surface area contributed by atoms with Crippen LogP contribution in [-0.2, 0) is 17.7 Å². The highest BCUT2D eigenvalue weighted by atomic mass is 16.6. The topological polar surface area (TPSA) is 71.0 Å². The molecule has 2 N–H and O–H groups in total. The number of aliphatic hydroxyl groups excluding tert-OH is 1. The van der Waals surface area contributed by atoms with Gasteiger partial charge in [-0.15, -0.1) is 0 Å². The van der Waals surface area contributed by atoms with Crippen LogP contribution in [0.4, 0.5) is 4.79 Å². The highest BCUT2D eigenvalue weighted by Gasteiger charge is 2.44. The van der Waals surface area contributed by atoms with Crippen LogP contribution in [0.2, 0.25) is 0 Å². The lowest BCUT2D eigenvalue weighted by molar-refractivity contribution is -0.0709. The largest absolute Gasteiger partial charge is 0.488 e. The molecule has 1 amide bonds. The number of aliphatic hydroxyl groups is 1. The first-order valence-corrected chi connectivity index (χ1v) is 11.5. The van der Waals surface area contributed by atoms with Crippen molar-refractivity contribution in [2.45, 2.75) is 76.5 Å². The zero-order chi connectivity index (χ0) is 22.7. The lowest BCUT2D eigenvalue weighted by Gasteiger charge is -2.47. The van der Waals surface area contributed by atoms with Crippen molar-refractivity contribution in [3.63, 3.8) is 0 Å². The minimum Gasteiger partial charge on any atom is -0.488 e. The molecule has 0 bridgehead atoms. The summed E-state index contributed by atoms with van der Waals surface area (Å²) < 4.78 is 11.7. The molecule has 6 heteroatoms. The number of amides is 1. The average molecular weight is 439 g/mol. The van der Waals surface area contributed by atoms with Crippen LogP contribution in [0.1, 0.15) is 44.7 Å². The van der Waals surface area contributed by atoms with E-state index in [4.69, 9.17) is 9.47 Å². The third-order valence-corrected chi connectivity index (χ3v) is 6.22. The summed E-state index contributed by atoms with van der Waals surface area (Å²) in [7, 11) is 0. The van der Waals surface area contributed by atoms with E-state index in [1.807, 2.05) is 51.1 Å². The standard InChI is InChI=1S/C26H34N2O4/c1-26(2,3)32-25(30)27-21-13-14-22(31-20-11-5-4-6-12-20)24(29)23(21)28-16-15-18-9-7-8-10-19(18)17-28/h4-12,21-24,29H,13-17H2,1-3H3,(H,27,30)/t21-,22-,23+,24+/m1/s1. The molecule has 1 heterocycles. The first kappa shape index (κ1) is 22.6. The number of carbonyl (C=O) groups is 1. The van der Waals surface area contributed by atoms with E-state index in [2.05, 4.69) is 34.5 Å². The van der Waals surface area contributed by atoms with Crippen molar-refractivity contribution in [3.8, 4) is 5.75 Å². The van der Waals surface area contributed by atoms with E-state index in [-0.39, 0.29) is 18.2 Å². The van der Waals surface area contributed by atoms with Crippen LogP contribution in [0.5, 0.6) is 5.75 Å². The van der Waals surface area contributed by atoms with Crippen LogP contribution in [0, 0.1) is 0 Å². The van der Waals surface area contributed by atoms with Crippen LogP contribution in [0.15, 0.2) is 54.6 Å². The first-order valence-electron chi connectivity index (χ1n) is 11.5. The van der Waals surface area contributed by atoms with Crippen molar-refractivity contribution >= 4 is 6.09 Å². The molecular formula is C26H34N2O4. The van der Waals surface area contributed by atoms with E-state index >= 15 is 0 Å². The van der Waals surface area contributed by atoms with E-state index in [1.165, 1.54) is 11.1 Å². The monoisotopic (exact) mass is 438 g/mol. The highest BCUT2D eigenvalue weighted by Crippen LogP contribution is 2.31. The van der Waals surface area contributed by atoms with Crippen molar-refractivity contribution in [1.29, 1.82) is 0 Å². The van der Waals surface area contributed by atoms with Crippen LogP contribution in [-0.4, -0.2) is 52.5 Å². The Morgan fingerprint density at radius 1 is 1.03 bits per heavy atom. The molecule has 0 unspecified atom stereocenters. The molecule has 0 aromatic heterocycles. The fraction of sp³-hybridized carbons (Fsp3) is 0.500. The molecule has 1 aliphatic heterocycles. The highest BCUT2D eigenvalue weighted by molar-refractivity contribution is 5.68. The van der Waals surface area contributed by atoms with Crippen molar-refractivity contribution in [2.75, 3.05) is 6.54 Å². The zero-order valence-electron chi connectivity index (χ0n) is 19.2.